The van der Waals surface area contributed by atoms with E-state index in [1.165, 1.54) is 29.9 Å². The lowest BCUT2D eigenvalue weighted by Gasteiger charge is -2.33. The fourth-order valence-corrected chi connectivity index (χ4v) is 5.85. The molecule has 36 heavy (non-hydrogen) atoms. The van der Waals surface area contributed by atoms with Crippen LogP contribution in [0.1, 0.15) is 32.6 Å². The molecule has 2 aromatic carbocycles. The van der Waals surface area contributed by atoms with Gasteiger partial charge in [-0.3, -0.25) is 9.36 Å². The molecule has 1 aromatic heterocycles. The lowest BCUT2D eigenvalue weighted by atomic mass is 9.91. The first-order valence-corrected chi connectivity index (χ1v) is 13.2. The number of halogens is 1. The zero-order chi connectivity index (χ0) is 24.6. The number of pyridine rings is 1. The zero-order valence-electron chi connectivity index (χ0n) is 20.8. The minimum atomic E-state index is -0.284. The number of nitrogens with zero attached hydrogens (tertiary/aromatic N) is 2. The Morgan fingerprint density at radius 1 is 1.14 bits per heavy atom. The Morgan fingerprint density at radius 3 is 2.81 bits per heavy atom. The first-order chi connectivity index (χ1) is 17.6. The zero-order valence-corrected chi connectivity index (χ0v) is 20.8. The van der Waals surface area contributed by atoms with E-state index in [2.05, 4.69) is 17.1 Å². The summed E-state index contributed by atoms with van der Waals surface area (Å²) < 4.78 is 28.2. The van der Waals surface area contributed by atoms with Gasteiger partial charge in [-0.15, -0.1) is 0 Å². The van der Waals surface area contributed by atoms with Crippen molar-refractivity contribution in [2.75, 3.05) is 37.7 Å². The lowest BCUT2D eigenvalue weighted by Crippen LogP contribution is -2.41. The summed E-state index contributed by atoms with van der Waals surface area (Å²) >= 11 is 0. The number of hydrogen-bond donors (Lipinski definition) is 1. The maximum Gasteiger partial charge on any atom is 0.262 e. The smallest absolute Gasteiger partial charge is 0.262 e. The van der Waals surface area contributed by atoms with Crippen molar-refractivity contribution in [1.82, 2.24) is 9.88 Å². The monoisotopic (exact) mass is 491 g/mol. The third-order valence-corrected chi connectivity index (χ3v) is 8.19. The number of ether oxygens (including phenoxy) is 2. The van der Waals surface area contributed by atoms with Gasteiger partial charge in [0.25, 0.3) is 5.56 Å². The molecule has 0 amide bonds. The van der Waals surface area contributed by atoms with E-state index < -0.39 is 0 Å². The summed E-state index contributed by atoms with van der Waals surface area (Å²) in [5.41, 5.74) is 0.980. The fourth-order valence-electron chi connectivity index (χ4n) is 5.85. The second-order valence-electron chi connectivity index (χ2n) is 10.6. The van der Waals surface area contributed by atoms with Crippen LogP contribution in [0.3, 0.4) is 0 Å². The number of piperidine rings is 1. The number of nitrogens with one attached hydrogen (secondary N) is 1. The highest BCUT2D eigenvalue weighted by molar-refractivity contribution is 5.83. The number of rotatable bonds is 6. The molecular formula is C29H34FN3O3. The van der Waals surface area contributed by atoms with E-state index in [9.17, 15) is 4.79 Å². The van der Waals surface area contributed by atoms with Gasteiger partial charge in [0.2, 0.25) is 0 Å². The Hall–Kier alpha value is -2.90. The van der Waals surface area contributed by atoms with Gasteiger partial charge in [0.1, 0.15) is 18.2 Å². The molecule has 0 spiro atoms. The molecule has 4 heterocycles. The summed E-state index contributed by atoms with van der Waals surface area (Å²) in [6.45, 7) is 6.26. The summed E-state index contributed by atoms with van der Waals surface area (Å²) in [6.07, 6.45) is 6.67. The van der Waals surface area contributed by atoms with Crippen molar-refractivity contribution >= 4 is 16.5 Å². The van der Waals surface area contributed by atoms with Gasteiger partial charge >= 0.3 is 0 Å². The second kappa shape index (κ2) is 9.87. The Morgan fingerprint density at radius 2 is 2.06 bits per heavy atom. The molecular weight excluding hydrogens is 457 g/mol. The van der Waals surface area contributed by atoms with Crippen molar-refractivity contribution in [1.29, 1.82) is 0 Å². The third kappa shape index (κ3) is 4.50. The standard InChI is InChI=1S/C29H34FN3O3/c1-19-17-36-28(19)18-35-23-6-7-24-20(14-23)10-13-33(29(24)34)22-5-8-27(25(30)15-22)32-12-9-21(16-32)26-4-2-3-11-31-26/h5-8,10,13-15,19,21,26,28,31H,2-4,9,11-12,16-18H2,1H3/t19?,21-,26-,28?/m1/s1. The fraction of sp³-hybridized carbons (Fsp3) is 0.483. The average Bonchev–Trinajstić information content (AvgIpc) is 3.38. The van der Waals surface area contributed by atoms with Crippen molar-refractivity contribution < 1.29 is 13.9 Å². The average molecular weight is 492 g/mol. The lowest BCUT2D eigenvalue weighted by molar-refractivity contribution is -0.123. The van der Waals surface area contributed by atoms with E-state index in [-0.39, 0.29) is 17.5 Å². The highest BCUT2D eigenvalue weighted by atomic mass is 19.1. The van der Waals surface area contributed by atoms with E-state index >= 15 is 4.39 Å². The first kappa shape index (κ1) is 23.5. The molecule has 6 nitrogen and oxygen atoms in total. The van der Waals surface area contributed by atoms with Crippen LogP contribution in [0, 0.1) is 17.7 Å². The number of aromatic nitrogens is 1. The van der Waals surface area contributed by atoms with Crippen LogP contribution < -0.4 is 20.5 Å². The minimum Gasteiger partial charge on any atom is -0.491 e. The van der Waals surface area contributed by atoms with E-state index in [4.69, 9.17) is 9.47 Å². The van der Waals surface area contributed by atoms with Gasteiger partial charge in [-0.2, -0.15) is 0 Å². The van der Waals surface area contributed by atoms with Crippen LogP contribution in [0.25, 0.3) is 16.5 Å². The second-order valence-corrected chi connectivity index (χ2v) is 10.6. The molecule has 7 heteroatoms. The molecule has 3 aromatic rings. The van der Waals surface area contributed by atoms with Crippen LogP contribution in [0.15, 0.2) is 53.5 Å². The molecule has 190 valence electrons. The Labute approximate surface area is 211 Å². The summed E-state index contributed by atoms with van der Waals surface area (Å²) in [5.74, 6) is 1.49. The van der Waals surface area contributed by atoms with Gasteiger partial charge in [-0.05, 0) is 73.5 Å². The molecule has 6 rings (SSSR count). The summed E-state index contributed by atoms with van der Waals surface area (Å²) in [4.78, 5) is 15.4. The predicted octanol–water partition coefficient (Wildman–Crippen LogP) is 4.51. The molecule has 4 atom stereocenters. The van der Waals surface area contributed by atoms with Crippen LogP contribution in [0.4, 0.5) is 10.1 Å². The van der Waals surface area contributed by atoms with Gasteiger partial charge in [-0.25, -0.2) is 4.39 Å². The molecule has 1 N–H and O–H groups in total. The van der Waals surface area contributed by atoms with Crippen LogP contribution in [0.5, 0.6) is 5.75 Å². The molecule has 0 aliphatic carbocycles. The molecule has 3 fully saturated rings. The van der Waals surface area contributed by atoms with E-state index in [1.807, 2.05) is 30.3 Å². The first-order valence-electron chi connectivity index (χ1n) is 13.2. The van der Waals surface area contributed by atoms with E-state index in [0.29, 0.717) is 47.0 Å². The van der Waals surface area contributed by atoms with Gasteiger partial charge in [0.05, 0.1) is 24.1 Å². The number of anilines is 1. The van der Waals surface area contributed by atoms with Crippen molar-refractivity contribution in [3.63, 3.8) is 0 Å². The van der Waals surface area contributed by atoms with E-state index in [0.717, 1.165) is 38.0 Å². The summed E-state index contributed by atoms with van der Waals surface area (Å²) in [6, 6.07) is 13.0. The van der Waals surface area contributed by atoms with Crippen molar-refractivity contribution in [3.8, 4) is 11.4 Å². The molecule has 3 aliphatic heterocycles. The number of fused-ring (bicyclic) bond motifs is 1. The van der Waals surface area contributed by atoms with Crippen molar-refractivity contribution in [2.24, 2.45) is 11.8 Å². The molecule has 0 saturated carbocycles. The molecule has 2 unspecified atom stereocenters. The Bertz CT molecular complexity index is 1300. The highest BCUT2D eigenvalue weighted by Crippen LogP contribution is 2.31. The van der Waals surface area contributed by atoms with Crippen molar-refractivity contribution in [3.05, 3.63) is 64.8 Å². The maximum atomic E-state index is 15.3. The quantitative estimate of drug-likeness (QED) is 0.550. The molecule has 3 saturated heterocycles. The topological polar surface area (TPSA) is 55.7 Å². The minimum absolute atomic E-state index is 0.127. The molecule has 0 radical (unpaired) electrons. The third-order valence-electron chi connectivity index (χ3n) is 8.19. The summed E-state index contributed by atoms with van der Waals surface area (Å²) in [7, 11) is 0. The normalized spacial score (nSPS) is 26.2. The molecule has 0 bridgehead atoms. The van der Waals surface area contributed by atoms with Gasteiger partial charge in [0.15, 0.2) is 0 Å². The van der Waals surface area contributed by atoms with Crippen LogP contribution >= 0.6 is 0 Å². The van der Waals surface area contributed by atoms with E-state index in [1.54, 1.807) is 12.3 Å². The van der Waals surface area contributed by atoms with Gasteiger partial charge in [0, 0.05) is 42.7 Å². The SMILES string of the molecule is CC1COC1COc1ccc2c(=O)n(-c3ccc(N4CC[C@@H]([C@H]5CCCCN5)C4)c(F)c3)ccc2c1. The number of hydrogen-bond acceptors (Lipinski definition) is 5. The van der Waals surface area contributed by atoms with Crippen LogP contribution in [-0.2, 0) is 4.74 Å². The predicted molar refractivity (Wildman–Crippen MR) is 140 cm³/mol. The highest BCUT2D eigenvalue weighted by Gasteiger charge is 2.31. The Balaban J connectivity index is 1.18. The largest absolute Gasteiger partial charge is 0.491 e. The van der Waals surface area contributed by atoms with Gasteiger partial charge in [-0.1, -0.05) is 13.3 Å². The van der Waals surface area contributed by atoms with Crippen molar-refractivity contribution in [2.45, 2.75) is 44.8 Å². The van der Waals surface area contributed by atoms with Gasteiger partial charge < -0.3 is 19.7 Å². The maximum absolute atomic E-state index is 15.3. The Kier molecular flexibility index (Phi) is 6.44. The molecule has 3 aliphatic rings. The number of benzene rings is 2. The van der Waals surface area contributed by atoms with Crippen LogP contribution in [0.2, 0.25) is 0 Å². The van der Waals surface area contributed by atoms with Crippen LogP contribution in [-0.4, -0.2) is 49.6 Å². The summed E-state index contributed by atoms with van der Waals surface area (Å²) in [5, 5.41) is 5.02.